The van der Waals surface area contributed by atoms with Gasteiger partial charge < -0.3 is 16.0 Å². The van der Waals surface area contributed by atoms with Crippen molar-refractivity contribution in [3.8, 4) is 0 Å². The number of nitrogens with one attached hydrogen (secondary N) is 3. The minimum absolute atomic E-state index is 0.0506. The SMILES string of the molecule is CCNc1cc(C)nc(NCCNC(=O)c2cccs2)n1. The molecule has 21 heavy (non-hydrogen) atoms. The van der Waals surface area contributed by atoms with Crippen molar-refractivity contribution in [3.63, 3.8) is 0 Å². The van der Waals surface area contributed by atoms with E-state index in [9.17, 15) is 4.79 Å². The molecule has 0 radical (unpaired) electrons. The van der Waals surface area contributed by atoms with Gasteiger partial charge in [0.15, 0.2) is 0 Å². The number of rotatable bonds is 7. The van der Waals surface area contributed by atoms with Crippen molar-refractivity contribution in [2.75, 3.05) is 30.3 Å². The van der Waals surface area contributed by atoms with E-state index in [0.717, 1.165) is 22.9 Å². The molecule has 0 saturated carbocycles. The fourth-order valence-electron chi connectivity index (χ4n) is 1.76. The monoisotopic (exact) mass is 305 g/mol. The lowest BCUT2D eigenvalue weighted by Crippen LogP contribution is -2.28. The summed E-state index contributed by atoms with van der Waals surface area (Å²) < 4.78 is 0. The number of anilines is 2. The normalized spacial score (nSPS) is 10.2. The highest BCUT2D eigenvalue weighted by atomic mass is 32.1. The Balaban J connectivity index is 1.79. The molecular weight excluding hydrogens is 286 g/mol. The quantitative estimate of drug-likeness (QED) is 0.683. The first-order valence-corrected chi connectivity index (χ1v) is 7.72. The molecule has 0 spiro atoms. The molecule has 6 nitrogen and oxygen atoms in total. The van der Waals surface area contributed by atoms with E-state index in [2.05, 4.69) is 25.9 Å². The van der Waals surface area contributed by atoms with Crippen molar-refractivity contribution in [1.29, 1.82) is 0 Å². The summed E-state index contributed by atoms with van der Waals surface area (Å²) in [6.45, 7) is 5.85. The maximum absolute atomic E-state index is 11.7. The first-order valence-electron chi connectivity index (χ1n) is 6.84. The minimum atomic E-state index is -0.0506. The van der Waals surface area contributed by atoms with Gasteiger partial charge in [-0.15, -0.1) is 11.3 Å². The maximum Gasteiger partial charge on any atom is 0.261 e. The second kappa shape index (κ2) is 7.58. The molecule has 0 atom stereocenters. The predicted octanol–water partition coefficient (Wildman–Crippen LogP) is 2.12. The summed E-state index contributed by atoms with van der Waals surface area (Å²) in [4.78, 5) is 21.1. The van der Waals surface area contributed by atoms with Gasteiger partial charge >= 0.3 is 0 Å². The van der Waals surface area contributed by atoms with Gasteiger partial charge in [-0.25, -0.2) is 4.98 Å². The first-order chi connectivity index (χ1) is 10.2. The van der Waals surface area contributed by atoms with Gasteiger partial charge in [0.25, 0.3) is 5.91 Å². The van der Waals surface area contributed by atoms with Crippen molar-refractivity contribution in [1.82, 2.24) is 15.3 Å². The Labute approximate surface area is 128 Å². The van der Waals surface area contributed by atoms with E-state index in [1.807, 2.05) is 31.4 Å². The lowest BCUT2D eigenvalue weighted by atomic mass is 10.4. The fourth-order valence-corrected chi connectivity index (χ4v) is 2.40. The number of amides is 1. The molecule has 7 heteroatoms. The molecule has 2 aromatic rings. The van der Waals surface area contributed by atoms with Crippen LogP contribution < -0.4 is 16.0 Å². The van der Waals surface area contributed by atoms with Crippen LogP contribution in [0.15, 0.2) is 23.6 Å². The third-order valence-corrected chi connectivity index (χ3v) is 3.52. The molecule has 0 aliphatic heterocycles. The van der Waals surface area contributed by atoms with Gasteiger partial charge in [0.1, 0.15) is 5.82 Å². The van der Waals surface area contributed by atoms with E-state index < -0.39 is 0 Å². The molecule has 0 unspecified atom stereocenters. The van der Waals surface area contributed by atoms with Crippen molar-refractivity contribution in [3.05, 3.63) is 34.2 Å². The number of hydrogen-bond acceptors (Lipinski definition) is 6. The average molecular weight is 305 g/mol. The summed E-state index contributed by atoms with van der Waals surface area (Å²) in [5, 5.41) is 11.0. The highest BCUT2D eigenvalue weighted by Crippen LogP contribution is 2.09. The Kier molecular flexibility index (Phi) is 5.51. The van der Waals surface area contributed by atoms with Crippen LogP contribution in [0.4, 0.5) is 11.8 Å². The third kappa shape index (κ3) is 4.71. The van der Waals surface area contributed by atoms with Crippen LogP contribution in [0, 0.1) is 6.92 Å². The molecule has 0 bridgehead atoms. The van der Waals surface area contributed by atoms with Crippen LogP contribution in [0.1, 0.15) is 22.3 Å². The molecule has 0 fully saturated rings. The summed E-state index contributed by atoms with van der Waals surface area (Å²) in [5.41, 5.74) is 0.895. The van der Waals surface area contributed by atoms with Crippen molar-refractivity contribution in [2.45, 2.75) is 13.8 Å². The highest BCUT2D eigenvalue weighted by molar-refractivity contribution is 7.12. The molecule has 2 aromatic heterocycles. The zero-order chi connectivity index (χ0) is 15.1. The van der Waals surface area contributed by atoms with Crippen molar-refractivity contribution < 1.29 is 4.79 Å². The number of thiophene rings is 1. The summed E-state index contributed by atoms with van der Waals surface area (Å²) in [5.74, 6) is 1.32. The van der Waals surface area contributed by atoms with Crippen molar-refractivity contribution in [2.24, 2.45) is 0 Å². The standard InChI is InChI=1S/C14H19N5OS/c1-3-15-12-9-10(2)18-14(19-12)17-7-6-16-13(20)11-5-4-8-21-11/h4-5,8-9H,3,6-7H2,1-2H3,(H,16,20)(H2,15,17,18,19). The van der Waals surface area contributed by atoms with E-state index in [1.54, 1.807) is 6.07 Å². The molecule has 1 amide bonds. The van der Waals surface area contributed by atoms with Gasteiger partial charge in [-0.2, -0.15) is 4.98 Å². The zero-order valence-corrected chi connectivity index (χ0v) is 13.0. The third-order valence-electron chi connectivity index (χ3n) is 2.65. The molecule has 0 aliphatic carbocycles. The van der Waals surface area contributed by atoms with Gasteiger partial charge in [-0.3, -0.25) is 4.79 Å². The summed E-state index contributed by atoms with van der Waals surface area (Å²) in [6.07, 6.45) is 0. The lowest BCUT2D eigenvalue weighted by Gasteiger charge is -2.09. The molecule has 112 valence electrons. The number of nitrogens with zero attached hydrogens (tertiary/aromatic N) is 2. The van der Waals surface area contributed by atoms with E-state index in [1.165, 1.54) is 11.3 Å². The molecule has 3 N–H and O–H groups in total. The highest BCUT2D eigenvalue weighted by Gasteiger charge is 2.05. The predicted molar refractivity (Wildman–Crippen MR) is 86.1 cm³/mol. The summed E-state index contributed by atoms with van der Waals surface area (Å²) in [7, 11) is 0. The first kappa shape index (κ1) is 15.2. The molecule has 2 heterocycles. The average Bonchev–Trinajstić information content (AvgIpc) is 2.97. The van der Waals surface area contributed by atoms with Gasteiger partial charge in [-0.05, 0) is 25.3 Å². The number of hydrogen-bond donors (Lipinski definition) is 3. The van der Waals surface area contributed by atoms with Gasteiger partial charge in [0.05, 0.1) is 4.88 Å². The van der Waals surface area contributed by atoms with Gasteiger partial charge in [-0.1, -0.05) is 6.07 Å². The number of aryl methyl sites for hydroxylation is 1. The number of carbonyl (C=O) groups excluding carboxylic acids is 1. The van der Waals surface area contributed by atoms with Crippen molar-refractivity contribution >= 4 is 29.0 Å². The number of carbonyl (C=O) groups is 1. The Morgan fingerprint density at radius 1 is 1.29 bits per heavy atom. The van der Waals surface area contributed by atoms with E-state index in [-0.39, 0.29) is 5.91 Å². The Morgan fingerprint density at radius 2 is 2.14 bits per heavy atom. The van der Waals surface area contributed by atoms with Gasteiger partial charge in [0.2, 0.25) is 5.95 Å². The largest absolute Gasteiger partial charge is 0.370 e. The molecule has 0 aromatic carbocycles. The lowest BCUT2D eigenvalue weighted by molar-refractivity contribution is 0.0959. The fraction of sp³-hybridized carbons (Fsp3) is 0.357. The van der Waals surface area contributed by atoms with Crippen LogP contribution in [0.5, 0.6) is 0 Å². The van der Waals surface area contributed by atoms with Crippen LogP contribution in [-0.4, -0.2) is 35.5 Å². The van der Waals surface area contributed by atoms with E-state index >= 15 is 0 Å². The molecule has 0 aliphatic rings. The summed E-state index contributed by atoms with van der Waals surface area (Å²) in [6, 6.07) is 5.56. The molecule has 2 rings (SSSR count). The summed E-state index contributed by atoms with van der Waals surface area (Å²) >= 11 is 1.43. The maximum atomic E-state index is 11.7. The Hall–Kier alpha value is -2.15. The second-order valence-corrected chi connectivity index (χ2v) is 5.36. The van der Waals surface area contributed by atoms with Crippen LogP contribution in [0.25, 0.3) is 0 Å². The van der Waals surface area contributed by atoms with E-state index in [4.69, 9.17) is 0 Å². The van der Waals surface area contributed by atoms with Gasteiger partial charge in [0, 0.05) is 31.4 Å². The molecule has 0 saturated heterocycles. The topological polar surface area (TPSA) is 78.9 Å². The van der Waals surface area contributed by atoms with E-state index in [0.29, 0.717) is 19.0 Å². The van der Waals surface area contributed by atoms with Crippen LogP contribution >= 0.6 is 11.3 Å². The number of aromatic nitrogens is 2. The smallest absolute Gasteiger partial charge is 0.261 e. The molecular formula is C14H19N5OS. The van der Waals surface area contributed by atoms with Crippen LogP contribution in [-0.2, 0) is 0 Å². The second-order valence-electron chi connectivity index (χ2n) is 4.41. The zero-order valence-electron chi connectivity index (χ0n) is 12.1. The Bertz CT molecular complexity index is 585. The van der Waals surface area contributed by atoms with Crippen LogP contribution in [0.2, 0.25) is 0 Å². The van der Waals surface area contributed by atoms with Crippen LogP contribution in [0.3, 0.4) is 0 Å². The Morgan fingerprint density at radius 3 is 2.86 bits per heavy atom. The minimum Gasteiger partial charge on any atom is -0.370 e.